The molecule has 1 aromatic heterocycles. The van der Waals surface area contributed by atoms with E-state index in [4.69, 9.17) is 11.6 Å². The molecule has 1 heterocycles. The first-order valence-electron chi connectivity index (χ1n) is 7.87. The van der Waals surface area contributed by atoms with E-state index in [1.807, 2.05) is 50.5 Å². The van der Waals surface area contributed by atoms with Crippen molar-refractivity contribution in [2.75, 3.05) is 12.4 Å². The SMILES string of the molecule is CN/C(C)=C(/C(=O)Nc1ccc2nn(C)cc2c1)c1ccc(Cl)cc1. The van der Waals surface area contributed by atoms with Crippen molar-refractivity contribution >= 4 is 39.7 Å². The number of amides is 1. The van der Waals surface area contributed by atoms with Gasteiger partial charge in [-0.3, -0.25) is 9.48 Å². The summed E-state index contributed by atoms with van der Waals surface area (Å²) in [5, 5.41) is 12.0. The summed E-state index contributed by atoms with van der Waals surface area (Å²) < 4.78 is 1.75. The van der Waals surface area contributed by atoms with E-state index in [1.165, 1.54) is 0 Å². The van der Waals surface area contributed by atoms with Crippen molar-refractivity contribution in [2.45, 2.75) is 6.92 Å². The molecule has 0 aliphatic heterocycles. The van der Waals surface area contributed by atoms with Crippen LogP contribution in [0.1, 0.15) is 12.5 Å². The fraction of sp³-hybridized carbons (Fsp3) is 0.158. The Morgan fingerprint density at radius 3 is 2.56 bits per heavy atom. The second kappa shape index (κ2) is 6.99. The molecule has 6 heteroatoms. The number of carbonyl (C=O) groups is 1. The maximum absolute atomic E-state index is 12.9. The molecule has 0 saturated carbocycles. The number of aromatic nitrogens is 2. The number of nitrogens with zero attached hydrogens (tertiary/aromatic N) is 2. The summed E-state index contributed by atoms with van der Waals surface area (Å²) in [4.78, 5) is 12.9. The first-order valence-corrected chi connectivity index (χ1v) is 8.25. The van der Waals surface area contributed by atoms with Gasteiger partial charge in [-0.05, 0) is 42.8 Å². The molecule has 0 aliphatic rings. The van der Waals surface area contributed by atoms with Crippen molar-refractivity contribution in [1.82, 2.24) is 15.1 Å². The van der Waals surface area contributed by atoms with Crippen molar-refractivity contribution in [3.63, 3.8) is 0 Å². The lowest BCUT2D eigenvalue weighted by atomic mass is 10.0. The molecule has 0 bridgehead atoms. The molecule has 25 heavy (non-hydrogen) atoms. The maximum atomic E-state index is 12.9. The molecule has 0 spiro atoms. The molecule has 1 amide bonds. The standard InChI is InChI=1S/C19H19ClN4O/c1-12(21-2)18(13-4-6-15(20)7-5-13)19(25)22-16-8-9-17-14(10-16)11-24(3)23-17/h4-11,21H,1-3H3,(H,22,25)/b18-12+. The highest BCUT2D eigenvalue weighted by atomic mass is 35.5. The van der Waals surface area contributed by atoms with Gasteiger partial charge >= 0.3 is 0 Å². The van der Waals surface area contributed by atoms with Crippen LogP contribution >= 0.6 is 11.6 Å². The lowest BCUT2D eigenvalue weighted by molar-refractivity contribution is -0.111. The van der Waals surface area contributed by atoms with E-state index in [2.05, 4.69) is 15.7 Å². The molecule has 0 radical (unpaired) electrons. The summed E-state index contributed by atoms with van der Waals surface area (Å²) in [6.07, 6.45) is 1.92. The van der Waals surface area contributed by atoms with E-state index in [0.29, 0.717) is 10.6 Å². The van der Waals surface area contributed by atoms with Crippen LogP contribution in [0, 0.1) is 0 Å². The molecule has 0 unspecified atom stereocenters. The van der Waals surface area contributed by atoms with Gasteiger partial charge in [0.15, 0.2) is 0 Å². The van der Waals surface area contributed by atoms with Gasteiger partial charge in [-0.15, -0.1) is 0 Å². The van der Waals surface area contributed by atoms with Gasteiger partial charge in [-0.1, -0.05) is 23.7 Å². The molecule has 5 nitrogen and oxygen atoms in total. The number of rotatable bonds is 4. The highest BCUT2D eigenvalue weighted by Crippen LogP contribution is 2.23. The maximum Gasteiger partial charge on any atom is 0.258 e. The van der Waals surface area contributed by atoms with Gasteiger partial charge in [0.05, 0.1) is 11.1 Å². The summed E-state index contributed by atoms with van der Waals surface area (Å²) in [6, 6.07) is 12.9. The Balaban J connectivity index is 1.93. The Morgan fingerprint density at radius 2 is 1.88 bits per heavy atom. The number of fused-ring (bicyclic) bond motifs is 1. The fourth-order valence-corrected chi connectivity index (χ4v) is 2.81. The van der Waals surface area contributed by atoms with Crippen molar-refractivity contribution in [3.05, 3.63) is 64.9 Å². The number of hydrogen-bond acceptors (Lipinski definition) is 3. The largest absolute Gasteiger partial charge is 0.391 e. The van der Waals surface area contributed by atoms with Gasteiger partial charge in [-0.2, -0.15) is 5.10 Å². The predicted molar refractivity (Wildman–Crippen MR) is 102 cm³/mol. The number of anilines is 1. The molecule has 2 N–H and O–H groups in total. The Morgan fingerprint density at radius 1 is 1.16 bits per heavy atom. The van der Waals surface area contributed by atoms with Crippen LogP contribution < -0.4 is 10.6 Å². The third-order valence-corrected chi connectivity index (χ3v) is 4.24. The molecule has 0 fully saturated rings. The van der Waals surface area contributed by atoms with Crippen molar-refractivity contribution in [3.8, 4) is 0 Å². The fourth-order valence-electron chi connectivity index (χ4n) is 2.68. The zero-order valence-corrected chi connectivity index (χ0v) is 15.1. The summed E-state index contributed by atoms with van der Waals surface area (Å²) in [6.45, 7) is 1.87. The Labute approximate surface area is 151 Å². The minimum absolute atomic E-state index is 0.183. The molecule has 2 aromatic carbocycles. The summed E-state index contributed by atoms with van der Waals surface area (Å²) in [5.74, 6) is -0.183. The van der Waals surface area contributed by atoms with E-state index >= 15 is 0 Å². The quantitative estimate of drug-likeness (QED) is 0.700. The second-order valence-corrected chi connectivity index (χ2v) is 6.22. The Kier molecular flexibility index (Phi) is 4.76. The molecule has 0 atom stereocenters. The molecule has 3 aromatic rings. The molecule has 3 rings (SSSR count). The molecular formula is C19H19ClN4O. The number of hydrogen-bond donors (Lipinski definition) is 2. The highest BCUT2D eigenvalue weighted by molar-refractivity contribution is 6.31. The van der Waals surface area contributed by atoms with E-state index in [-0.39, 0.29) is 5.91 Å². The van der Waals surface area contributed by atoms with Gasteiger partial charge in [0.1, 0.15) is 0 Å². The summed E-state index contributed by atoms with van der Waals surface area (Å²) in [5.41, 5.74) is 3.77. The highest BCUT2D eigenvalue weighted by Gasteiger charge is 2.16. The predicted octanol–water partition coefficient (Wildman–Crippen LogP) is 3.82. The van der Waals surface area contributed by atoms with Crippen molar-refractivity contribution in [2.24, 2.45) is 7.05 Å². The Hall–Kier alpha value is -2.79. The lowest BCUT2D eigenvalue weighted by Crippen LogP contribution is -2.18. The average molecular weight is 355 g/mol. The number of carbonyl (C=O) groups excluding carboxylic acids is 1. The zero-order valence-electron chi connectivity index (χ0n) is 14.3. The van der Waals surface area contributed by atoms with Gasteiger partial charge in [-0.25, -0.2) is 0 Å². The van der Waals surface area contributed by atoms with Crippen LogP contribution in [0.25, 0.3) is 16.5 Å². The second-order valence-electron chi connectivity index (χ2n) is 5.79. The molecule has 128 valence electrons. The third kappa shape index (κ3) is 3.67. The van der Waals surface area contributed by atoms with Gasteiger partial charge in [0.25, 0.3) is 5.91 Å². The van der Waals surface area contributed by atoms with Crippen LogP contribution in [-0.2, 0) is 11.8 Å². The summed E-state index contributed by atoms with van der Waals surface area (Å²) in [7, 11) is 3.66. The minimum Gasteiger partial charge on any atom is -0.391 e. The van der Waals surface area contributed by atoms with Crippen molar-refractivity contribution < 1.29 is 4.79 Å². The summed E-state index contributed by atoms with van der Waals surface area (Å²) >= 11 is 5.96. The van der Waals surface area contributed by atoms with E-state index in [1.54, 1.807) is 23.9 Å². The number of nitrogens with one attached hydrogen (secondary N) is 2. The van der Waals surface area contributed by atoms with Crippen LogP contribution in [0.3, 0.4) is 0 Å². The Bertz CT molecular complexity index is 957. The van der Waals surface area contributed by atoms with Crippen LogP contribution in [0.15, 0.2) is 54.4 Å². The van der Waals surface area contributed by atoms with Gasteiger partial charge < -0.3 is 10.6 Å². The zero-order chi connectivity index (χ0) is 18.0. The minimum atomic E-state index is -0.183. The van der Waals surface area contributed by atoms with Crippen LogP contribution in [0.4, 0.5) is 5.69 Å². The van der Waals surface area contributed by atoms with E-state index in [0.717, 1.165) is 27.9 Å². The lowest BCUT2D eigenvalue weighted by Gasteiger charge is -2.13. The molecular weight excluding hydrogens is 336 g/mol. The number of halogens is 1. The van der Waals surface area contributed by atoms with Crippen LogP contribution in [-0.4, -0.2) is 22.7 Å². The first kappa shape index (κ1) is 17.0. The molecule has 0 aliphatic carbocycles. The van der Waals surface area contributed by atoms with Gasteiger partial charge in [0.2, 0.25) is 0 Å². The number of benzene rings is 2. The smallest absolute Gasteiger partial charge is 0.258 e. The van der Waals surface area contributed by atoms with E-state index in [9.17, 15) is 4.79 Å². The first-order chi connectivity index (χ1) is 12.0. The topological polar surface area (TPSA) is 59.0 Å². The van der Waals surface area contributed by atoms with Crippen molar-refractivity contribution in [1.29, 1.82) is 0 Å². The number of allylic oxidation sites excluding steroid dienone is 1. The number of aryl methyl sites for hydroxylation is 1. The van der Waals surface area contributed by atoms with E-state index < -0.39 is 0 Å². The van der Waals surface area contributed by atoms with Crippen LogP contribution in [0.2, 0.25) is 5.02 Å². The van der Waals surface area contributed by atoms with Crippen LogP contribution in [0.5, 0.6) is 0 Å². The normalized spacial score (nSPS) is 12.0. The average Bonchev–Trinajstić information content (AvgIpc) is 2.96. The third-order valence-electron chi connectivity index (χ3n) is 3.99. The molecule has 0 saturated heterocycles. The van der Waals surface area contributed by atoms with Gasteiger partial charge in [0, 0.05) is 42.1 Å². The monoisotopic (exact) mass is 354 g/mol.